The van der Waals surface area contributed by atoms with E-state index in [0.29, 0.717) is 23.5 Å². The number of thiazole rings is 1. The van der Waals surface area contributed by atoms with Crippen molar-refractivity contribution in [2.24, 2.45) is 10.9 Å². The molecule has 2 rings (SSSR count). The van der Waals surface area contributed by atoms with Crippen LogP contribution in [-0.4, -0.2) is 49.2 Å². The smallest absolute Gasteiger partial charge is 0.381 e. The quantitative estimate of drug-likeness (QED) is 0.401. The van der Waals surface area contributed by atoms with Gasteiger partial charge >= 0.3 is 6.18 Å². The second kappa shape index (κ2) is 9.76. The highest BCUT2D eigenvalue weighted by atomic mass is 127. The maximum absolute atomic E-state index is 12.5. The Morgan fingerprint density at radius 3 is 2.88 bits per heavy atom. The van der Waals surface area contributed by atoms with Crippen LogP contribution in [0.5, 0.6) is 0 Å². The standard InChI is InChI=1S/C14H21F3N4OS.HI/c1-3-22-8-10-4-5-21(7-10)13(18-2)19-6-12-20-11(9-23-12)14(15,16)17;/h9-10H,3-8H2,1-2H3,(H,18,19);1H. The van der Waals surface area contributed by atoms with Gasteiger partial charge in [-0.3, -0.25) is 4.99 Å². The highest BCUT2D eigenvalue weighted by Gasteiger charge is 2.33. The fourth-order valence-electron chi connectivity index (χ4n) is 2.45. The number of aromatic nitrogens is 1. The molecule has 1 atom stereocenters. The average molecular weight is 478 g/mol. The highest BCUT2D eigenvalue weighted by Crippen LogP contribution is 2.29. The fourth-order valence-corrected chi connectivity index (χ4v) is 3.20. The zero-order chi connectivity index (χ0) is 16.9. The normalized spacial score (nSPS) is 18.6. The maximum Gasteiger partial charge on any atom is 0.434 e. The SMILES string of the molecule is CCOCC1CCN(C(=NC)NCc2nc(C(F)(F)F)cs2)C1.I. The van der Waals surface area contributed by atoms with Gasteiger partial charge in [0, 0.05) is 38.0 Å². The van der Waals surface area contributed by atoms with Crippen LogP contribution >= 0.6 is 35.3 Å². The molecular weight excluding hydrogens is 456 g/mol. The summed E-state index contributed by atoms with van der Waals surface area (Å²) in [6, 6.07) is 0. The molecular formula is C14H22F3IN4OS. The minimum atomic E-state index is -4.39. The summed E-state index contributed by atoms with van der Waals surface area (Å²) in [7, 11) is 1.67. The van der Waals surface area contributed by atoms with Crippen molar-refractivity contribution < 1.29 is 17.9 Å². The van der Waals surface area contributed by atoms with Crippen LogP contribution in [-0.2, 0) is 17.5 Å². The molecule has 24 heavy (non-hydrogen) atoms. The van der Waals surface area contributed by atoms with Crippen molar-refractivity contribution >= 4 is 41.3 Å². The number of nitrogens with zero attached hydrogens (tertiary/aromatic N) is 3. The molecule has 0 amide bonds. The molecule has 1 aromatic rings. The summed E-state index contributed by atoms with van der Waals surface area (Å²) < 4.78 is 43.1. The minimum Gasteiger partial charge on any atom is -0.381 e. The molecule has 0 aliphatic carbocycles. The minimum absolute atomic E-state index is 0. The Kier molecular flexibility index (Phi) is 8.71. The summed E-state index contributed by atoms with van der Waals surface area (Å²) in [5.41, 5.74) is -0.841. The summed E-state index contributed by atoms with van der Waals surface area (Å²) in [5, 5.41) is 4.51. The molecule has 0 radical (unpaired) electrons. The summed E-state index contributed by atoms with van der Waals surface area (Å²) in [5.74, 6) is 1.15. The molecule has 0 aromatic carbocycles. The van der Waals surface area contributed by atoms with Crippen LogP contribution in [0.1, 0.15) is 24.0 Å². The van der Waals surface area contributed by atoms with Crippen LogP contribution < -0.4 is 5.32 Å². The fraction of sp³-hybridized carbons (Fsp3) is 0.714. The Morgan fingerprint density at radius 2 is 2.29 bits per heavy atom. The van der Waals surface area contributed by atoms with Crippen molar-refractivity contribution in [2.75, 3.05) is 33.4 Å². The van der Waals surface area contributed by atoms with Gasteiger partial charge < -0.3 is 15.0 Å². The Labute approximate surface area is 160 Å². The third kappa shape index (κ3) is 6.03. The lowest BCUT2D eigenvalue weighted by Gasteiger charge is -2.21. The van der Waals surface area contributed by atoms with Crippen LogP contribution in [0, 0.1) is 5.92 Å². The third-order valence-corrected chi connectivity index (χ3v) is 4.44. The molecule has 1 aromatic heterocycles. The van der Waals surface area contributed by atoms with Gasteiger partial charge in [-0.1, -0.05) is 0 Å². The third-order valence-electron chi connectivity index (χ3n) is 3.59. The predicted octanol–water partition coefficient (Wildman–Crippen LogP) is 3.21. The second-order valence-corrected chi connectivity index (χ2v) is 6.23. The number of nitrogens with one attached hydrogen (secondary N) is 1. The van der Waals surface area contributed by atoms with Crippen molar-refractivity contribution in [1.82, 2.24) is 15.2 Å². The Balaban J connectivity index is 0.00000288. The first-order valence-electron chi connectivity index (χ1n) is 7.49. The number of aliphatic imine (C=N–C) groups is 1. The predicted molar refractivity (Wildman–Crippen MR) is 98.9 cm³/mol. The van der Waals surface area contributed by atoms with Crippen molar-refractivity contribution in [2.45, 2.75) is 26.1 Å². The molecule has 0 spiro atoms. The summed E-state index contributed by atoms with van der Waals surface area (Å²) in [6.07, 6.45) is -3.37. The van der Waals surface area contributed by atoms with Crippen LogP contribution in [0.3, 0.4) is 0 Å². The molecule has 1 aliphatic heterocycles. The van der Waals surface area contributed by atoms with Crippen molar-refractivity contribution in [3.8, 4) is 0 Å². The zero-order valence-electron chi connectivity index (χ0n) is 13.6. The van der Waals surface area contributed by atoms with Gasteiger partial charge in [0.15, 0.2) is 11.7 Å². The van der Waals surface area contributed by atoms with E-state index in [-0.39, 0.29) is 30.5 Å². The number of alkyl halides is 3. The van der Waals surface area contributed by atoms with E-state index in [9.17, 15) is 13.2 Å². The van der Waals surface area contributed by atoms with Gasteiger partial charge in [-0.05, 0) is 13.3 Å². The molecule has 10 heteroatoms. The van der Waals surface area contributed by atoms with Crippen LogP contribution in [0.15, 0.2) is 10.4 Å². The second-order valence-electron chi connectivity index (χ2n) is 5.29. The Morgan fingerprint density at radius 1 is 1.54 bits per heavy atom. The molecule has 1 fully saturated rings. The lowest BCUT2D eigenvalue weighted by molar-refractivity contribution is -0.140. The van der Waals surface area contributed by atoms with E-state index >= 15 is 0 Å². The van der Waals surface area contributed by atoms with Crippen molar-refractivity contribution in [3.63, 3.8) is 0 Å². The molecule has 138 valence electrons. The Bertz CT molecular complexity index is 538. The van der Waals surface area contributed by atoms with Gasteiger partial charge in [-0.2, -0.15) is 13.2 Å². The number of guanidine groups is 1. The van der Waals surface area contributed by atoms with E-state index in [2.05, 4.69) is 20.2 Å². The largest absolute Gasteiger partial charge is 0.434 e. The molecule has 1 saturated heterocycles. The number of likely N-dealkylation sites (tertiary alicyclic amines) is 1. The van der Waals surface area contributed by atoms with Crippen LogP contribution in [0.2, 0.25) is 0 Å². The molecule has 1 N–H and O–H groups in total. The molecule has 0 saturated carbocycles. The van der Waals surface area contributed by atoms with E-state index in [0.717, 1.165) is 42.8 Å². The van der Waals surface area contributed by atoms with Crippen molar-refractivity contribution in [1.29, 1.82) is 0 Å². The van der Waals surface area contributed by atoms with Crippen molar-refractivity contribution in [3.05, 3.63) is 16.1 Å². The molecule has 1 aliphatic rings. The Hall–Kier alpha value is -0.620. The first-order valence-corrected chi connectivity index (χ1v) is 8.37. The van der Waals surface area contributed by atoms with Gasteiger partial charge in [0.25, 0.3) is 0 Å². The molecule has 5 nitrogen and oxygen atoms in total. The molecule has 1 unspecified atom stereocenters. The van der Waals surface area contributed by atoms with E-state index in [1.807, 2.05) is 6.92 Å². The van der Waals surface area contributed by atoms with Gasteiger partial charge in [0.05, 0.1) is 13.2 Å². The molecule has 0 bridgehead atoms. The van der Waals surface area contributed by atoms with Crippen LogP contribution in [0.4, 0.5) is 13.2 Å². The van der Waals surface area contributed by atoms with E-state index < -0.39 is 11.9 Å². The first kappa shape index (κ1) is 21.4. The average Bonchev–Trinajstić information content (AvgIpc) is 3.14. The molecule has 2 heterocycles. The number of hydrogen-bond donors (Lipinski definition) is 1. The lowest BCUT2D eigenvalue weighted by Crippen LogP contribution is -2.39. The number of ether oxygens (including phenoxy) is 1. The lowest BCUT2D eigenvalue weighted by atomic mass is 10.1. The maximum atomic E-state index is 12.5. The van der Waals surface area contributed by atoms with Gasteiger partial charge in [0.1, 0.15) is 5.01 Å². The number of rotatable bonds is 5. The van der Waals surface area contributed by atoms with Crippen LogP contribution in [0.25, 0.3) is 0 Å². The summed E-state index contributed by atoms with van der Waals surface area (Å²) in [4.78, 5) is 9.91. The van der Waals surface area contributed by atoms with Gasteiger partial charge in [-0.15, -0.1) is 35.3 Å². The number of halogens is 4. The van der Waals surface area contributed by atoms with E-state index in [1.165, 1.54) is 0 Å². The van der Waals surface area contributed by atoms with E-state index in [4.69, 9.17) is 4.74 Å². The highest BCUT2D eigenvalue weighted by molar-refractivity contribution is 14.0. The van der Waals surface area contributed by atoms with E-state index in [1.54, 1.807) is 7.05 Å². The zero-order valence-corrected chi connectivity index (χ0v) is 16.7. The summed E-state index contributed by atoms with van der Waals surface area (Å²) >= 11 is 0.996. The first-order chi connectivity index (χ1) is 10.9. The van der Waals surface area contributed by atoms with Gasteiger partial charge in [0.2, 0.25) is 0 Å². The number of hydrogen-bond acceptors (Lipinski definition) is 4. The monoisotopic (exact) mass is 478 g/mol. The topological polar surface area (TPSA) is 49.8 Å². The van der Waals surface area contributed by atoms with Gasteiger partial charge in [-0.25, -0.2) is 4.98 Å². The summed E-state index contributed by atoms with van der Waals surface area (Å²) in [6.45, 7) is 5.34.